The van der Waals surface area contributed by atoms with Gasteiger partial charge in [0.1, 0.15) is 0 Å². The van der Waals surface area contributed by atoms with Gasteiger partial charge in [0, 0.05) is 52.4 Å². The first kappa shape index (κ1) is 17.6. The molecule has 1 spiro atoms. The average Bonchev–Trinajstić information content (AvgIpc) is 3.28. The van der Waals surface area contributed by atoms with Crippen molar-refractivity contribution >= 4 is 10.2 Å². The van der Waals surface area contributed by atoms with Crippen molar-refractivity contribution in [1.82, 2.24) is 13.5 Å². The second-order valence-electron chi connectivity index (χ2n) is 7.66. The average molecular weight is 346 g/mol. The molecule has 0 aromatic rings. The van der Waals surface area contributed by atoms with E-state index < -0.39 is 10.2 Å². The lowest BCUT2D eigenvalue weighted by Crippen LogP contribution is -2.57. The number of rotatable bonds is 6. The smallest absolute Gasteiger partial charge is 0.281 e. The molecule has 2 saturated heterocycles. The molecule has 1 atom stereocenters. The highest BCUT2D eigenvalue weighted by atomic mass is 32.2. The minimum absolute atomic E-state index is 0.199. The normalized spacial score (nSPS) is 29.7. The predicted octanol–water partition coefficient (Wildman–Crippen LogP) is 1.15. The Morgan fingerprint density at radius 1 is 1.13 bits per heavy atom. The van der Waals surface area contributed by atoms with Gasteiger partial charge in [-0.15, -0.1) is 0 Å². The number of nitrogens with zero attached hydrogens (tertiary/aromatic N) is 3. The fourth-order valence-electron chi connectivity index (χ4n) is 4.31. The van der Waals surface area contributed by atoms with E-state index >= 15 is 0 Å². The van der Waals surface area contributed by atoms with Crippen LogP contribution in [0.15, 0.2) is 0 Å². The fourth-order valence-corrected chi connectivity index (χ4v) is 5.42. The number of ether oxygens (including phenoxy) is 1. The van der Waals surface area contributed by atoms with Crippen LogP contribution in [0.25, 0.3) is 0 Å². The zero-order valence-electron chi connectivity index (χ0n) is 14.7. The van der Waals surface area contributed by atoms with E-state index in [2.05, 4.69) is 4.90 Å². The van der Waals surface area contributed by atoms with Crippen LogP contribution in [0.1, 0.15) is 38.5 Å². The summed E-state index contributed by atoms with van der Waals surface area (Å²) in [6.07, 6.45) is 6.98. The molecule has 6 nitrogen and oxygen atoms in total. The maximum absolute atomic E-state index is 12.3. The number of hydrogen-bond acceptors (Lipinski definition) is 4. The Morgan fingerprint density at radius 3 is 2.30 bits per heavy atom. The molecule has 0 aromatic carbocycles. The Morgan fingerprint density at radius 2 is 1.78 bits per heavy atom. The van der Waals surface area contributed by atoms with Gasteiger partial charge in [0.15, 0.2) is 0 Å². The van der Waals surface area contributed by atoms with Crippen LogP contribution in [0, 0.1) is 5.92 Å². The summed E-state index contributed by atoms with van der Waals surface area (Å²) in [5, 5.41) is 0. The van der Waals surface area contributed by atoms with Crippen molar-refractivity contribution in [3.05, 3.63) is 0 Å². The lowest BCUT2D eigenvalue weighted by Gasteiger charge is -2.46. The van der Waals surface area contributed by atoms with Crippen LogP contribution in [-0.2, 0) is 14.9 Å². The molecule has 134 valence electrons. The number of hydrogen-bond donors (Lipinski definition) is 0. The zero-order chi connectivity index (χ0) is 16.7. The van der Waals surface area contributed by atoms with Crippen molar-refractivity contribution in [2.45, 2.75) is 50.1 Å². The van der Waals surface area contributed by atoms with E-state index in [1.165, 1.54) is 36.5 Å². The van der Waals surface area contributed by atoms with Crippen molar-refractivity contribution in [2.24, 2.45) is 5.92 Å². The molecule has 0 N–H and O–H groups in total. The van der Waals surface area contributed by atoms with Crippen molar-refractivity contribution < 1.29 is 13.2 Å². The lowest BCUT2D eigenvalue weighted by molar-refractivity contribution is 0.0203. The minimum atomic E-state index is -3.27. The molecule has 1 saturated carbocycles. The molecule has 0 unspecified atom stereocenters. The van der Waals surface area contributed by atoms with E-state index in [1.54, 1.807) is 25.5 Å². The van der Waals surface area contributed by atoms with Crippen LogP contribution >= 0.6 is 0 Å². The third-order valence-electron chi connectivity index (χ3n) is 5.94. The monoisotopic (exact) mass is 345 g/mol. The SMILES string of the molecule is COC[C@H]1CCC2(CCN(S(=O)(=O)N(C)C)CC2)N1CC1CC1. The summed E-state index contributed by atoms with van der Waals surface area (Å²) in [6, 6.07) is 0.512. The van der Waals surface area contributed by atoms with E-state index in [4.69, 9.17) is 4.74 Å². The maximum Gasteiger partial charge on any atom is 0.281 e. The second kappa shape index (κ2) is 6.59. The highest BCUT2D eigenvalue weighted by molar-refractivity contribution is 7.86. The van der Waals surface area contributed by atoms with Crippen molar-refractivity contribution in [1.29, 1.82) is 0 Å². The highest BCUT2D eigenvalue weighted by Crippen LogP contribution is 2.45. The van der Waals surface area contributed by atoms with Gasteiger partial charge in [-0.1, -0.05) is 0 Å². The van der Waals surface area contributed by atoms with Crippen LogP contribution in [0.5, 0.6) is 0 Å². The minimum Gasteiger partial charge on any atom is -0.383 e. The maximum atomic E-state index is 12.3. The highest BCUT2D eigenvalue weighted by Gasteiger charge is 2.50. The largest absolute Gasteiger partial charge is 0.383 e. The molecule has 2 aliphatic heterocycles. The Hall–Kier alpha value is -0.210. The van der Waals surface area contributed by atoms with Gasteiger partial charge in [-0.05, 0) is 44.4 Å². The Bertz CT molecular complexity index is 511. The molecule has 0 amide bonds. The van der Waals surface area contributed by atoms with Gasteiger partial charge in [0.25, 0.3) is 10.2 Å². The molecule has 2 heterocycles. The van der Waals surface area contributed by atoms with Gasteiger partial charge >= 0.3 is 0 Å². The molecule has 1 aliphatic carbocycles. The first-order chi connectivity index (χ1) is 10.9. The molecule has 0 aromatic heterocycles. The molecule has 0 radical (unpaired) electrons. The van der Waals surface area contributed by atoms with Crippen molar-refractivity contribution in [3.8, 4) is 0 Å². The summed E-state index contributed by atoms with van der Waals surface area (Å²) >= 11 is 0. The van der Waals surface area contributed by atoms with Gasteiger partial charge < -0.3 is 4.74 Å². The van der Waals surface area contributed by atoms with Gasteiger partial charge in [-0.3, -0.25) is 4.90 Å². The van der Waals surface area contributed by atoms with E-state index in [9.17, 15) is 8.42 Å². The third kappa shape index (κ3) is 3.44. The van der Waals surface area contributed by atoms with Gasteiger partial charge in [-0.25, -0.2) is 0 Å². The Balaban J connectivity index is 1.69. The second-order valence-corrected chi connectivity index (χ2v) is 9.80. The molecule has 0 bridgehead atoms. The zero-order valence-corrected chi connectivity index (χ0v) is 15.5. The molecular weight excluding hydrogens is 314 g/mol. The molecule has 23 heavy (non-hydrogen) atoms. The summed E-state index contributed by atoms with van der Waals surface area (Å²) in [6.45, 7) is 3.26. The van der Waals surface area contributed by atoms with Gasteiger partial charge in [0.05, 0.1) is 6.61 Å². The third-order valence-corrected chi connectivity index (χ3v) is 7.89. The summed E-state index contributed by atoms with van der Waals surface area (Å²) in [4.78, 5) is 2.69. The topological polar surface area (TPSA) is 53.1 Å². The molecule has 7 heteroatoms. The summed E-state index contributed by atoms with van der Waals surface area (Å²) in [7, 11) is 1.74. The van der Waals surface area contributed by atoms with Crippen molar-refractivity contribution in [2.75, 3.05) is 47.4 Å². The van der Waals surface area contributed by atoms with Crippen LogP contribution in [0.3, 0.4) is 0 Å². The van der Waals surface area contributed by atoms with Crippen LogP contribution in [0.2, 0.25) is 0 Å². The standard InChI is InChI=1S/C16H31N3O3S/c1-17(2)23(20,21)18-10-8-16(9-11-18)7-6-15(13-22-3)19(16)12-14-4-5-14/h14-15H,4-13H2,1-3H3/t15-/m1/s1. The summed E-state index contributed by atoms with van der Waals surface area (Å²) in [5.74, 6) is 0.855. The molecule has 3 aliphatic rings. The number of methoxy groups -OCH3 is 1. The van der Waals surface area contributed by atoms with Crippen LogP contribution in [0.4, 0.5) is 0 Å². The Kier molecular flexibility index (Phi) is 5.05. The molecule has 3 rings (SSSR count). The van der Waals surface area contributed by atoms with E-state index in [0.717, 1.165) is 25.4 Å². The first-order valence-corrected chi connectivity index (χ1v) is 10.2. The molecular formula is C16H31N3O3S. The van der Waals surface area contributed by atoms with Crippen LogP contribution < -0.4 is 0 Å². The predicted molar refractivity (Wildman–Crippen MR) is 90.5 cm³/mol. The summed E-state index contributed by atoms with van der Waals surface area (Å²) < 4.78 is 33.1. The quantitative estimate of drug-likeness (QED) is 0.725. The lowest BCUT2D eigenvalue weighted by atomic mass is 9.85. The first-order valence-electron chi connectivity index (χ1n) is 8.82. The van der Waals surface area contributed by atoms with Gasteiger partial charge in [0.2, 0.25) is 0 Å². The van der Waals surface area contributed by atoms with Crippen molar-refractivity contribution in [3.63, 3.8) is 0 Å². The molecule has 3 fully saturated rings. The Labute approximate surface area is 140 Å². The number of piperidine rings is 1. The van der Waals surface area contributed by atoms with Gasteiger partial charge in [-0.2, -0.15) is 17.0 Å². The van der Waals surface area contributed by atoms with E-state index in [0.29, 0.717) is 19.1 Å². The van der Waals surface area contributed by atoms with Crippen LogP contribution in [-0.4, -0.2) is 81.0 Å². The summed E-state index contributed by atoms with van der Waals surface area (Å²) in [5.41, 5.74) is 0.199. The fraction of sp³-hybridized carbons (Fsp3) is 1.00. The van der Waals surface area contributed by atoms with E-state index in [1.807, 2.05) is 0 Å². The number of likely N-dealkylation sites (tertiary alicyclic amines) is 1. The van der Waals surface area contributed by atoms with E-state index in [-0.39, 0.29) is 5.54 Å².